The number of ether oxygens (including phenoxy) is 1. The van der Waals surface area contributed by atoms with Gasteiger partial charge in [-0.2, -0.15) is 0 Å². The van der Waals surface area contributed by atoms with Crippen molar-refractivity contribution in [2.45, 2.75) is 45.3 Å². The van der Waals surface area contributed by atoms with Gasteiger partial charge in [0.2, 0.25) is 5.91 Å². The molecule has 1 saturated heterocycles. The Labute approximate surface area is 163 Å². The van der Waals surface area contributed by atoms with Crippen molar-refractivity contribution in [3.8, 4) is 17.2 Å². The minimum absolute atomic E-state index is 0.191. The van der Waals surface area contributed by atoms with Gasteiger partial charge in [0.1, 0.15) is 17.2 Å². The fourth-order valence-corrected chi connectivity index (χ4v) is 4.10. The van der Waals surface area contributed by atoms with E-state index in [0.29, 0.717) is 12.2 Å². The van der Waals surface area contributed by atoms with Crippen LogP contribution in [0.25, 0.3) is 0 Å². The fourth-order valence-electron chi connectivity index (χ4n) is 3.24. The molecule has 1 atom stereocenters. The van der Waals surface area contributed by atoms with Gasteiger partial charge in [0.25, 0.3) is 5.24 Å². The van der Waals surface area contributed by atoms with E-state index >= 15 is 0 Å². The van der Waals surface area contributed by atoms with E-state index in [1.165, 1.54) is 0 Å². The summed E-state index contributed by atoms with van der Waals surface area (Å²) in [6.07, 6.45) is 0.501. The van der Waals surface area contributed by atoms with E-state index in [2.05, 4.69) is 5.32 Å². The van der Waals surface area contributed by atoms with Gasteiger partial charge < -0.3 is 9.84 Å². The smallest absolute Gasteiger partial charge is 0.286 e. The standard InChI is InChI=1S/C21H23NO4S/c1-11(2)16-10-15(5-6-17(16)23)26-19-12(3)7-14(8-13(19)4)9-18-20(24)22-21(25)27-18/h5-8,10-11,18,23H,9H2,1-4H3,(H,22,24,25). The van der Waals surface area contributed by atoms with Crippen molar-refractivity contribution >= 4 is 22.9 Å². The van der Waals surface area contributed by atoms with Gasteiger partial charge >= 0.3 is 0 Å². The van der Waals surface area contributed by atoms with Crippen molar-refractivity contribution in [2.75, 3.05) is 0 Å². The Morgan fingerprint density at radius 3 is 2.37 bits per heavy atom. The molecule has 1 unspecified atom stereocenters. The number of thioether (sulfide) groups is 1. The monoisotopic (exact) mass is 385 g/mol. The molecule has 0 saturated carbocycles. The summed E-state index contributed by atoms with van der Waals surface area (Å²) in [5, 5.41) is 11.6. The topological polar surface area (TPSA) is 75.6 Å². The van der Waals surface area contributed by atoms with Crippen molar-refractivity contribution in [1.82, 2.24) is 5.32 Å². The van der Waals surface area contributed by atoms with Crippen LogP contribution >= 0.6 is 11.8 Å². The SMILES string of the molecule is Cc1cc(CC2SC(=O)NC2=O)cc(C)c1Oc1ccc(O)c(C(C)C)c1. The first-order valence-electron chi connectivity index (χ1n) is 8.87. The zero-order chi connectivity index (χ0) is 19.7. The van der Waals surface area contributed by atoms with Crippen molar-refractivity contribution in [1.29, 1.82) is 0 Å². The van der Waals surface area contributed by atoms with E-state index in [-0.39, 0.29) is 28.1 Å². The molecule has 2 aromatic carbocycles. The Kier molecular flexibility index (Phi) is 5.46. The summed E-state index contributed by atoms with van der Waals surface area (Å²) >= 11 is 1.04. The molecular formula is C21H23NO4S. The summed E-state index contributed by atoms with van der Waals surface area (Å²) in [6.45, 7) is 7.96. The largest absolute Gasteiger partial charge is 0.508 e. The predicted octanol–water partition coefficient (Wildman–Crippen LogP) is 4.82. The maximum Gasteiger partial charge on any atom is 0.286 e. The van der Waals surface area contributed by atoms with Crippen LogP contribution < -0.4 is 10.1 Å². The van der Waals surface area contributed by atoms with Crippen LogP contribution in [-0.2, 0) is 11.2 Å². The third-order valence-electron chi connectivity index (χ3n) is 4.55. The number of carbonyl (C=O) groups excluding carboxylic acids is 2. The molecule has 1 heterocycles. The van der Waals surface area contributed by atoms with E-state index in [1.54, 1.807) is 12.1 Å². The minimum Gasteiger partial charge on any atom is -0.508 e. The molecule has 0 aromatic heterocycles. The molecule has 0 aliphatic carbocycles. The number of imide groups is 1. The van der Waals surface area contributed by atoms with E-state index in [4.69, 9.17) is 4.74 Å². The summed E-state index contributed by atoms with van der Waals surface area (Å²) in [5.41, 5.74) is 3.75. The molecule has 1 aliphatic rings. The molecule has 2 aromatic rings. The van der Waals surface area contributed by atoms with Gasteiger partial charge in [0, 0.05) is 5.56 Å². The highest BCUT2D eigenvalue weighted by molar-refractivity contribution is 8.15. The van der Waals surface area contributed by atoms with Crippen LogP contribution in [0.4, 0.5) is 4.79 Å². The van der Waals surface area contributed by atoms with Crippen molar-refractivity contribution < 1.29 is 19.4 Å². The Morgan fingerprint density at radius 1 is 1.15 bits per heavy atom. The molecule has 3 rings (SSSR count). The number of amides is 2. The Morgan fingerprint density at radius 2 is 1.81 bits per heavy atom. The van der Waals surface area contributed by atoms with Crippen molar-refractivity contribution in [3.05, 3.63) is 52.6 Å². The number of hydrogen-bond donors (Lipinski definition) is 2. The number of phenols is 1. The third kappa shape index (κ3) is 4.27. The normalized spacial score (nSPS) is 16.7. The number of benzene rings is 2. The molecule has 2 amide bonds. The molecule has 5 nitrogen and oxygen atoms in total. The van der Waals surface area contributed by atoms with Gasteiger partial charge in [-0.3, -0.25) is 14.9 Å². The van der Waals surface area contributed by atoms with E-state index in [1.807, 2.05) is 45.9 Å². The molecule has 1 aliphatic heterocycles. The second kappa shape index (κ2) is 7.64. The third-order valence-corrected chi connectivity index (χ3v) is 5.53. The lowest BCUT2D eigenvalue weighted by Crippen LogP contribution is -2.25. The highest BCUT2D eigenvalue weighted by atomic mass is 32.2. The second-order valence-corrected chi connectivity index (χ2v) is 8.30. The molecule has 6 heteroatoms. The highest BCUT2D eigenvalue weighted by Crippen LogP contribution is 2.35. The maximum absolute atomic E-state index is 11.8. The lowest BCUT2D eigenvalue weighted by atomic mass is 10.0. The van der Waals surface area contributed by atoms with E-state index in [0.717, 1.165) is 39.8 Å². The van der Waals surface area contributed by atoms with Gasteiger partial charge in [-0.1, -0.05) is 37.7 Å². The Hall–Kier alpha value is -2.47. The van der Waals surface area contributed by atoms with Crippen LogP contribution in [0, 0.1) is 13.8 Å². The zero-order valence-electron chi connectivity index (χ0n) is 15.8. The molecule has 0 bridgehead atoms. The van der Waals surface area contributed by atoms with Gasteiger partial charge in [-0.25, -0.2) is 0 Å². The first kappa shape index (κ1) is 19.3. The van der Waals surface area contributed by atoms with Crippen molar-refractivity contribution in [2.24, 2.45) is 0 Å². The van der Waals surface area contributed by atoms with Gasteiger partial charge in [-0.05, 0) is 61.1 Å². The average Bonchev–Trinajstić information content (AvgIpc) is 2.89. The molecule has 0 radical (unpaired) electrons. The molecule has 0 spiro atoms. The second-order valence-electron chi connectivity index (χ2n) is 7.12. The van der Waals surface area contributed by atoms with Gasteiger partial charge in [0.15, 0.2) is 0 Å². The summed E-state index contributed by atoms with van der Waals surface area (Å²) in [4.78, 5) is 23.1. The summed E-state index contributed by atoms with van der Waals surface area (Å²) in [6, 6.07) is 9.24. The lowest BCUT2D eigenvalue weighted by Gasteiger charge is -2.16. The summed E-state index contributed by atoms with van der Waals surface area (Å²) in [7, 11) is 0. The molecule has 2 N–H and O–H groups in total. The van der Waals surface area contributed by atoms with Crippen LogP contribution in [0.15, 0.2) is 30.3 Å². The number of rotatable bonds is 5. The number of carbonyl (C=O) groups is 2. The molecule has 27 heavy (non-hydrogen) atoms. The quantitative estimate of drug-likeness (QED) is 0.772. The number of hydrogen-bond acceptors (Lipinski definition) is 5. The summed E-state index contributed by atoms with van der Waals surface area (Å²) in [5.74, 6) is 1.66. The van der Waals surface area contributed by atoms with Crippen LogP contribution in [0.1, 0.15) is 42.0 Å². The number of phenolic OH excluding ortho intramolecular Hbond substituents is 1. The number of aromatic hydroxyl groups is 1. The van der Waals surface area contributed by atoms with E-state index in [9.17, 15) is 14.7 Å². The fraction of sp³-hybridized carbons (Fsp3) is 0.333. The highest BCUT2D eigenvalue weighted by Gasteiger charge is 2.31. The maximum atomic E-state index is 11.8. The lowest BCUT2D eigenvalue weighted by molar-refractivity contribution is -0.118. The minimum atomic E-state index is -0.381. The molecule has 1 fully saturated rings. The average molecular weight is 385 g/mol. The first-order chi connectivity index (χ1) is 12.7. The van der Waals surface area contributed by atoms with Gasteiger partial charge in [0.05, 0.1) is 5.25 Å². The molecular weight excluding hydrogens is 362 g/mol. The summed E-state index contributed by atoms with van der Waals surface area (Å²) < 4.78 is 6.10. The Bertz CT molecular complexity index is 884. The zero-order valence-corrected chi connectivity index (χ0v) is 16.6. The van der Waals surface area contributed by atoms with Crippen LogP contribution in [-0.4, -0.2) is 21.5 Å². The number of nitrogens with one attached hydrogen (secondary N) is 1. The molecule has 142 valence electrons. The first-order valence-corrected chi connectivity index (χ1v) is 9.75. The Balaban J connectivity index is 1.82. The van der Waals surface area contributed by atoms with Crippen LogP contribution in [0.3, 0.4) is 0 Å². The predicted molar refractivity (Wildman–Crippen MR) is 107 cm³/mol. The van der Waals surface area contributed by atoms with Crippen LogP contribution in [0.5, 0.6) is 17.2 Å². The van der Waals surface area contributed by atoms with Gasteiger partial charge in [-0.15, -0.1) is 0 Å². The van der Waals surface area contributed by atoms with Crippen molar-refractivity contribution in [3.63, 3.8) is 0 Å². The number of aryl methyl sites for hydroxylation is 2. The van der Waals surface area contributed by atoms with E-state index < -0.39 is 0 Å². The van der Waals surface area contributed by atoms with Crippen LogP contribution in [0.2, 0.25) is 0 Å².